The van der Waals surface area contributed by atoms with Crippen molar-refractivity contribution in [2.45, 2.75) is 24.9 Å². The zero-order chi connectivity index (χ0) is 17.1. The normalized spacial score (nSPS) is 15.5. The molecule has 0 aromatic carbocycles. The fourth-order valence-corrected chi connectivity index (χ4v) is 3.02. The van der Waals surface area contributed by atoms with Crippen molar-refractivity contribution < 1.29 is 23.5 Å². The van der Waals surface area contributed by atoms with Gasteiger partial charge in [0, 0.05) is 11.4 Å². The molecule has 1 aliphatic rings. The molecule has 23 heavy (non-hydrogen) atoms. The lowest BCUT2D eigenvalue weighted by molar-refractivity contribution is -0.137. The van der Waals surface area contributed by atoms with Gasteiger partial charge in [-0.3, -0.25) is 0 Å². The van der Waals surface area contributed by atoms with Crippen LogP contribution in [0.2, 0.25) is 0 Å². The molecule has 0 saturated heterocycles. The number of nitrogens with one attached hydrogen (secondary N) is 1. The highest BCUT2D eigenvalue weighted by Gasteiger charge is 2.39. The molecule has 124 valence electrons. The molecule has 2 heterocycles. The number of hydrogen-bond acceptors (Lipinski definition) is 7. The van der Waals surface area contributed by atoms with Gasteiger partial charge in [-0.15, -0.1) is 0 Å². The maximum absolute atomic E-state index is 12.3. The molecule has 0 unspecified atom stereocenters. The number of methoxy groups -OCH3 is 2. The van der Waals surface area contributed by atoms with E-state index in [2.05, 4.69) is 5.32 Å². The van der Waals surface area contributed by atoms with Crippen molar-refractivity contribution >= 4 is 23.7 Å². The van der Waals surface area contributed by atoms with Gasteiger partial charge in [-0.25, -0.2) is 9.59 Å². The van der Waals surface area contributed by atoms with Gasteiger partial charge >= 0.3 is 11.9 Å². The first-order valence-electron chi connectivity index (χ1n) is 6.93. The van der Waals surface area contributed by atoms with E-state index in [1.54, 1.807) is 26.0 Å². The Morgan fingerprint density at radius 1 is 1.09 bits per heavy atom. The van der Waals surface area contributed by atoms with Crippen LogP contribution >= 0.6 is 11.8 Å². The maximum atomic E-state index is 12.3. The Bertz CT molecular complexity index is 663. The van der Waals surface area contributed by atoms with E-state index in [0.29, 0.717) is 33.4 Å². The summed E-state index contributed by atoms with van der Waals surface area (Å²) in [4.78, 5) is 24.5. The van der Waals surface area contributed by atoms with E-state index in [1.807, 2.05) is 6.26 Å². The second-order valence-corrected chi connectivity index (χ2v) is 5.79. The second kappa shape index (κ2) is 6.95. The van der Waals surface area contributed by atoms with Crippen LogP contribution in [0.4, 0.5) is 0 Å². The van der Waals surface area contributed by atoms with Gasteiger partial charge in [0.25, 0.3) is 0 Å². The number of thioether (sulfide) groups is 1. The molecule has 1 N–H and O–H groups in total. The SMILES string of the molecule is COC(=O)C1=C(C)NC(C)=C(C(=O)OC)C1c1ccc(SC)o1. The van der Waals surface area contributed by atoms with E-state index in [1.165, 1.54) is 26.0 Å². The van der Waals surface area contributed by atoms with E-state index in [-0.39, 0.29) is 0 Å². The lowest BCUT2D eigenvalue weighted by Crippen LogP contribution is -2.31. The highest BCUT2D eigenvalue weighted by Crippen LogP contribution is 2.40. The highest BCUT2D eigenvalue weighted by atomic mass is 32.2. The molecule has 0 atom stereocenters. The minimum absolute atomic E-state index is 0.334. The lowest BCUT2D eigenvalue weighted by atomic mass is 9.83. The fraction of sp³-hybridized carbons (Fsp3) is 0.375. The summed E-state index contributed by atoms with van der Waals surface area (Å²) >= 11 is 1.44. The molecule has 0 bridgehead atoms. The van der Waals surface area contributed by atoms with Gasteiger partial charge in [-0.05, 0) is 32.2 Å². The summed E-state index contributed by atoms with van der Waals surface area (Å²) in [5, 5.41) is 3.74. The maximum Gasteiger partial charge on any atom is 0.336 e. The number of hydrogen-bond donors (Lipinski definition) is 1. The number of ether oxygens (including phenoxy) is 2. The van der Waals surface area contributed by atoms with E-state index in [4.69, 9.17) is 13.9 Å². The van der Waals surface area contributed by atoms with Crippen LogP contribution in [0.1, 0.15) is 25.5 Å². The zero-order valence-corrected chi connectivity index (χ0v) is 14.5. The van der Waals surface area contributed by atoms with Crippen LogP contribution in [0.3, 0.4) is 0 Å². The minimum Gasteiger partial charge on any atom is -0.466 e. The number of dihydropyridines is 1. The Morgan fingerprint density at radius 2 is 1.61 bits per heavy atom. The van der Waals surface area contributed by atoms with Gasteiger partial charge < -0.3 is 19.2 Å². The molecule has 0 saturated carbocycles. The third kappa shape index (κ3) is 3.14. The molecule has 1 aliphatic heterocycles. The van der Waals surface area contributed by atoms with E-state index in [0.717, 1.165) is 0 Å². The summed E-state index contributed by atoms with van der Waals surface area (Å²) in [6, 6.07) is 3.56. The highest BCUT2D eigenvalue weighted by molar-refractivity contribution is 7.98. The Labute approximate surface area is 138 Å². The molecule has 0 amide bonds. The lowest BCUT2D eigenvalue weighted by Gasteiger charge is -2.28. The molecule has 6 nitrogen and oxygen atoms in total. The molecule has 0 aliphatic carbocycles. The fourth-order valence-electron chi connectivity index (χ4n) is 2.64. The number of carbonyl (C=O) groups excluding carboxylic acids is 2. The molecular weight excluding hydrogens is 318 g/mol. The van der Waals surface area contributed by atoms with Gasteiger partial charge in [-0.1, -0.05) is 11.8 Å². The van der Waals surface area contributed by atoms with Crippen LogP contribution in [0, 0.1) is 0 Å². The first kappa shape index (κ1) is 17.2. The molecule has 0 radical (unpaired) electrons. The van der Waals surface area contributed by atoms with Crippen molar-refractivity contribution in [3.63, 3.8) is 0 Å². The van der Waals surface area contributed by atoms with Crippen LogP contribution in [0.25, 0.3) is 0 Å². The minimum atomic E-state index is -0.669. The van der Waals surface area contributed by atoms with Gasteiger partial charge in [0.15, 0.2) is 5.09 Å². The van der Waals surface area contributed by atoms with Crippen molar-refractivity contribution in [3.05, 3.63) is 40.4 Å². The quantitative estimate of drug-likeness (QED) is 0.668. The predicted molar refractivity (Wildman–Crippen MR) is 85.8 cm³/mol. The summed E-state index contributed by atoms with van der Waals surface area (Å²) in [6.07, 6.45) is 1.88. The Balaban J connectivity index is 2.64. The Kier molecular flexibility index (Phi) is 5.20. The molecule has 7 heteroatoms. The van der Waals surface area contributed by atoms with E-state index in [9.17, 15) is 9.59 Å². The summed E-state index contributed by atoms with van der Waals surface area (Å²) in [5.74, 6) is -1.21. The number of esters is 2. The van der Waals surface area contributed by atoms with Crippen molar-refractivity contribution in [1.29, 1.82) is 0 Å². The molecule has 1 aromatic heterocycles. The average molecular weight is 337 g/mol. The largest absolute Gasteiger partial charge is 0.466 e. The van der Waals surface area contributed by atoms with Gasteiger partial charge in [0.1, 0.15) is 5.76 Å². The van der Waals surface area contributed by atoms with E-state index < -0.39 is 17.9 Å². The summed E-state index contributed by atoms with van der Waals surface area (Å²) in [6.45, 7) is 3.52. The summed E-state index contributed by atoms with van der Waals surface area (Å²) in [7, 11) is 2.61. The molecule has 0 spiro atoms. The van der Waals surface area contributed by atoms with Gasteiger partial charge in [-0.2, -0.15) is 0 Å². The van der Waals surface area contributed by atoms with Crippen molar-refractivity contribution in [3.8, 4) is 0 Å². The molecule has 2 rings (SSSR count). The summed E-state index contributed by atoms with van der Waals surface area (Å²) in [5.41, 5.74) is 1.91. The third-order valence-electron chi connectivity index (χ3n) is 3.66. The first-order valence-corrected chi connectivity index (χ1v) is 8.16. The first-order chi connectivity index (χ1) is 10.9. The van der Waals surface area contributed by atoms with Crippen LogP contribution in [0.15, 0.2) is 44.2 Å². The standard InChI is InChI=1S/C16H19NO5S/c1-8-12(15(18)20-3)14(10-6-7-11(22-10)23-5)13(9(2)17-8)16(19)21-4/h6-7,14,17H,1-5H3. The summed E-state index contributed by atoms with van der Waals surface area (Å²) < 4.78 is 15.5. The molecular formula is C16H19NO5S. The predicted octanol–water partition coefficient (Wildman–Crippen LogP) is 2.58. The number of rotatable bonds is 4. The second-order valence-electron chi connectivity index (χ2n) is 4.98. The van der Waals surface area contributed by atoms with Crippen LogP contribution < -0.4 is 5.32 Å². The van der Waals surface area contributed by atoms with Gasteiger partial charge in [0.05, 0.1) is 31.3 Å². The van der Waals surface area contributed by atoms with Gasteiger partial charge in [0.2, 0.25) is 0 Å². The topological polar surface area (TPSA) is 77.8 Å². The molecule has 0 fully saturated rings. The van der Waals surface area contributed by atoms with Crippen molar-refractivity contribution in [2.75, 3.05) is 20.5 Å². The van der Waals surface area contributed by atoms with Crippen molar-refractivity contribution in [1.82, 2.24) is 5.32 Å². The Morgan fingerprint density at radius 3 is 2.00 bits per heavy atom. The van der Waals surface area contributed by atoms with Crippen LogP contribution in [0.5, 0.6) is 0 Å². The van der Waals surface area contributed by atoms with Crippen molar-refractivity contribution in [2.24, 2.45) is 0 Å². The number of allylic oxidation sites excluding steroid dienone is 2. The average Bonchev–Trinajstić information content (AvgIpc) is 3.01. The Hall–Kier alpha value is -2.15. The van der Waals surface area contributed by atoms with E-state index >= 15 is 0 Å². The van der Waals surface area contributed by atoms with Crippen LogP contribution in [-0.2, 0) is 19.1 Å². The smallest absolute Gasteiger partial charge is 0.336 e. The zero-order valence-electron chi connectivity index (χ0n) is 13.7. The third-order valence-corrected chi connectivity index (χ3v) is 4.28. The monoisotopic (exact) mass is 337 g/mol. The van der Waals surface area contributed by atoms with Crippen LogP contribution in [-0.4, -0.2) is 32.4 Å². The molecule has 1 aromatic rings. The number of carbonyl (C=O) groups is 2. The number of furan rings is 1.